The molecule has 2 amide bonds. The van der Waals surface area contributed by atoms with E-state index in [2.05, 4.69) is 20.2 Å². The second-order valence-electron chi connectivity index (χ2n) is 14.9. The molecule has 1 aromatic heterocycles. The average molecular weight is 784 g/mol. The number of nitrogens with zero attached hydrogens (tertiary/aromatic N) is 4. The number of likely N-dealkylation sites (tertiary alicyclic amines) is 1. The van der Waals surface area contributed by atoms with E-state index in [0.717, 1.165) is 50.5 Å². The first-order chi connectivity index (χ1) is 28.1. The van der Waals surface area contributed by atoms with Crippen LogP contribution >= 0.6 is 0 Å². The van der Waals surface area contributed by atoms with Crippen LogP contribution in [0, 0.1) is 5.41 Å². The van der Waals surface area contributed by atoms with Gasteiger partial charge in [0.05, 0.1) is 35.1 Å². The third kappa shape index (κ3) is 9.45. The Bertz CT molecular complexity index is 2280. The van der Waals surface area contributed by atoms with Crippen LogP contribution < -0.4 is 26.4 Å². The molecule has 14 heteroatoms. The Morgan fingerprint density at radius 3 is 2.29 bits per heavy atom. The van der Waals surface area contributed by atoms with Gasteiger partial charge in [0, 0.05) is 43.2 Å². The number of hydrogen-bond donors (Lipinski definition) is 6. The van der Waals surface area contributed by atoms with Gasteiger partial charge in [-0.3, -0.25) is 19.9 Å². The van der Waals surface area contributed by atoms with Gasteiger partial charge < -0.3 is 36.5 Å². The Morgan fingerprint density at radius 1 is 0.914 bits per heavy atom. The number of amides is 2. The van der Waals surface area contributed by atoms with Crippen LogP contribution in [0.1, 0.15) is 95.1 Å². The summed E-state index contributed by atoms with van der Waals surface area (Å²) in [5.41, 5.74) is 15.0. The number of aromatic carboxylic acids is 1. The first kappa shape index (κ1) is 39.5. The highest BCUT2D eigenvalue weighted by molar-refractivity contribution is 6.12. The van der Waals surface area contributed by atoms with Crippen molar-refractivity contribution in [2.24, 2.45) is 16.5 Å². The van der Waals surface area contributed by atoms with E-state index >= 15 is 0 Å². The maximum atomic E-state index is 14.8. The van der Waals surface area contributed by atoms with Crippen LogP contribution in [-0.2, 0) is 11.3 Å². The first-order valence-electron chi connectivity index (χ1n) is 19.8. The highest BCUT2D eigenvalue weighted by Gasteiger charge is 2.34. The minimum absolute atomic E-state index is 0.0221. The van der Waals surface area contributed by atoms with Crippen molar-refractivity contribution in [2.45, 2.75) is 76.1 Å². The second-order valence-corrected chi connectivity index (χ2v) is 14.9. The molecule has 300 valence electrons. The number of carboxylic acid groups (broad SMARTS) is 1. The van der Waals surface area contributed by atoms with Gasteiger partial charge >= 0.3 is 5.97 Å². The van der Waals surface area contributed by atoms with Gasteiger partial charge in [-0.2, -0.15) is 0 Å². The number of benzene rings is 4. The number of rotatable bonds is 13. The minimum Gasteiger partial charge on any atom is -0.490 e. The molecule has 1 atom stereocenters. The van der Waals surface area contributed by atoms with Crippen LogP contribution in [0.3, 0.4) is 0 Å². The number of hydrogen-bond acceptors (Lipinski definition) is 7. The standard InChI is InChI=1S/C44H49N9O5/c45-40(46)29-15-20-36-37(25-29)51-41(50-36)38(26-39(54)49-30-11-5-2-6-12-30)53(42(55)34-13-7-8-14-35(34)43(56)57)31-16-18-32(19-17-31)58-33-21-23-52(24-22-33)44(47)48-27-28-9-3-1-4-10-28/h1,3-4,7-10,13-20,25,30,33,38H,2,5-6,11-12,21-24,26-27H2,(H3,45,46)(H2,47,48)(H,49,54)(H,50,51)(H,56,57). The zero-order chi connectivity index (χ0) is 40.6. The molecular weight excluding hydrogens is 735 g/mol. The lowest BCUT2D eigenvalue weighted by Gasteiger charge is -2.33. The molecular formula is C44H49N9O5. The number of guanidine groups is 1. The number of anilines is 1. The van der Waals surface area contributed by atoms with Gasteiger partial charge in [0.2, 0.25) is 5.91 Å². The van der Waals surface area contributed by atoms with Crippen molar-refractivity contribution in [1.29, 1.82) is 5.41 Å². The number of piperidine rings is 1. The molecule has 1 aliphatic carbocycles. The van der Waals surface area contributed by atoms with E-state index in [1.807, 2.05) is 30.3 Å². The van der Waals surface area contributed by atoms with E-state index in [0.29, 0.717) is 59.5 Å². The van der Waals surface area contributed by atoms with E-state index in [1.165, 1.54) is 17.0 Å². The van der Waals surface area contributed by atoms with Crippen LogP contribution in [0.2, 0.25) is 0 Å². The van der Waals surface area contributed by atoms with Gasteiger partial charge in [0.25, 0.3) is 5.91 Å². The number of nitrogens with two attached hydrogens (primary N) is 2. The molecule has 1 aliphatic heterocycles. The summed E-state index contributed by atoms with van der Waals surface area (Å²) < 4.78 is 6.41. The third-order valence-electron chi connectivity index (χ3n) is 10.8. The summed E-state index contributed by atoms with van der Waals surface area (Å²) in [6.07, 6.45) is 6.15. The Labute approximate surface area is 336 Å². The van der Waals surface area contributed by atoms with Crippen LogP contribution in [0.15, 0.2) is 102 Å². The van der Waals surface area contributed by atoms with E-state index in [9.17, 15) is 19.5 Å². The van der Waals surface area contributed by atoms with Gasteiger partial charge in [0.15, 0.2) is 5.96 Å². The van der Waals surface area contributed by atoms with Crippen LogP contribution in [-0.4, -0.2) is 74.8 Å². The SMILES string of the molecule is N=C(N)c1ccc2nc(C(CC(=O)NC3CCCCC3)N(C(=O)c3ccccc3C(=O)O)c3ccc(OC4CCN(C(N)=NCc5ccccc5)CC4)cc3)[nH]c2c1. The summed E-state index contributed by atoms with van der Waals surface area (Å²) in [6, 6.07) is 27.2. The van der Waals surface area contributed by atoms with E-state index in [1.54, 1.807) is 54.6 Å². The van der Waals surface area contributed by atoms with Crippen molar-refractivity contribution >= 4 is 46.3 Å². The second kappa shape index (κ2) is 18.0. The van der Waals surface area contributed by atoms with Gasteiger partial charge in [-0.1, -0.05) is 61.7 Å². The normalized spacial score (nSPS) is 15.8. The number of fused-ring (bicyclic) bond motifs is 1. The quantitative estimate of drug-likeness (QED) is 0.0597. The van der Waals surface area contributed by atoms with Crippen molar-refractivity contribution in [2.75, 3.05) is 18.0 Å². The molecule has 5 aromatic rings. The number of H-pyrrole nitrogens is 1. The Kier molecular flexibility index (Phi) is 12.3. The number of imidazole rings is 1. The zero-order valence-electron chi connectivity index (χ0n) is 32.3. The largest absolute Gasteiger partial charge is 0.490 e. The number of aliphatic imine (C=N–C) groups is 1. The fourth-order valence-corrected chi connectivity index (χ4v) is 7.73. The van der Waals surface area contributed by atoms with E-state index in [-0.39, 0.29) is 41.4 Å². The monoisotopic (exact) mass is 783 g/mol. The molecule has 58 heavy (non-hydrogen) atoms. The predicted molar refractivity (Wildman–Crippen MR) is 223 cm³/mol. The summed E-state index contributed by atoms with van der Waals surface area (Å²) >= 11 is 0. The number of nitrogen functional groups attached to an aromatic ring is 1. The molecule has 7 rings (SSSR count). The Balaban J connectivity index is 1.17. The number of carboxylic acids is 1. The number of aromatic amines is 1. The Morgan fingerprint density at radius 2 is 1.60 bits per heavy atom. The van der Waals surface area contributed by atoms with Crippen molar-refractivity contribution in [3.63, 3.8) is 0 Å². The highest BCUT2D eigenvalue weighted by atomic mass is 16.5. The molecule has 0 bridgehead atoms. The van der Waals surface area contributed by atoms with Gasteiger partial charge in [-0.15, -0.1) is 0 Å². The molecule has 2 heterocycles. The summed E-state index contributed by atoms with van der Waals surface area (Å²) in [7, 11) is 0. The third-order valence-corrected chi connectivity index (χ3v) is 10.8. The Hall–Kier alpha value is -6.70. The van der Waals surface area contributed by atoms with Gasteiger partial charge in [0.1, 0.15) is 29.6 Å². The van der Waals surface area contributed by atoms with Crippen molar-refractivity contribution in [1.82, 2.24) is 20.2 Å². The molecule has 4 aromatic carbocycles. The summed E-state index contributed by atoms with van der Waals surface area (Å²) in [5.74, 6) is -0.837. The van der Waals surface area contributed by atoms with Crippen LogP contribution in [0.4, 0.5) is 5.69 Å². The predicted octanol–water partition coefficient (Wildman–Crippen LogP) is 6.13. The maximum absolute atomic E-state index is 14.8. The number of aromatic nitrogens is 2. The van der Waals surface area contributed by atoms with Gasteiger partial charge in [-0.05, 0) is 73.0 Å². The number of carbonyl (C=O) groups is 3. The maximum Gasteiger partial charge on any atom is 0.336 e. The molecule has 0 spiro atoms. The lowest BCUT2D eigenvalue weighted by molar-refractivity contribution is -0.122. The lowest BCUT2D eigenvalue weighted by Crippen LogP contribution is -2.45. The summed E-state index contributed by atoms with van der Waals surface area (Å²) in [4.78, 5) is 57.3. The van der Waals surface area contributed by atoms with Crippen LogP contribution in [0.5, 0.6) is 5.75 Å². The molecule has 2 fully saturated rings. The van der Waals surface area contributed by atoms with E-state index < -0.39 is 17.9 Å². The van der Waals surface area contributed by atoms with Crippen molar-refractivity contribution < 1.29 is 24.2 Å². The van der Waals surface area contributed by atoms with Crippen molar-refractivity contribution in [3.8, 4) is 5.75 Å². The molecule has 2 aliphatic rings. The first-order valence-corrected chi connectivity index (χ1v) is 19.8. The summed E-state index contributed by atoms with van der Waals surface area (Å²) in [5, 5.41) is 21.2. The van der Waals surface area contributed by atoms with Crippen molar-refractivity contribution in [3.05, 3.63) is 125 Å². The average Bonchev–Trinajstić information content (AvgIpc) is 3.68. The molecule has 1 saturated heterocycles. The number of carbonyl (C=O) groups excluding carboxylic acids is 2. The van der Waals surface area contributed by atoms with Gasteiger partial charge in [-0.25, -0.2) is 14.8 Å². The molecule has 14 nitrogen and oxygen atoms in total. The van der Waals surface area contributed by atoms with E-state index in [4.69, 9.17) is 26.6 Å². The molecule has 0 radical (unpaired) electrons. The molecule has 1 unspecified atom stereocenters. The van der Waals surface area contributed by atoms with Crippen LogP contribution in [0.25, 0.3) is 11.0 Å². The zero-order valence-corrected chi connectivity index (χ0v) is 32.3. The number of nitrogens with one attached hydrogen (secondary N) is 3. The number of amidine groups is 1. The summed E-state index contributed by atoms with van der Waals surface area (Å²) in [6.45, 7) is 1.89. The number of ether oxygens (including phenoxy) is 1. The smallest absolute Gasteiger partial charge is 0.336 e. The minimum atomic E-state index is -1.25. The topological polar surface area (TPSA) is 216 Å². The molecule has 8 N–H and O–H groups in total. The highest BCUT2D eigenvalue weighted by Crippen LogP contribution is 2.34. The fraction of sp³-hybridized carbons (Fsp3) is 0.318. The fourth-order valence-electron chi connectivity index (χ4n) is 7.73. The molecule has 1 saturated carbocycles. The lowest BCUT2D eigenvalue weighted by atomic mass is 9.95.